The zero-order chi connectivity index (χ0) is 15.2. The lowest BCUT2D eigenvalue weighted by Gasteiger charge is -2.18. The predicted octanol–water partition coefficient (Wildman–Crippen LogP) is 2.76. The maximum absolute atomic E-state index is 13.1. The molecule has 4 nitrogen and oxygen atoms in total. The van der Waals surface area contributed by atoms with Gasteiger partial charge in [-0.1, -0.05) is 36.4 Å². The Morgan fingerprint density at radius 1 is 1.19 bits per heavy atom. The first-order valence-corrected chi connectivity index (χ1v) is 7.95. The maximum Gasteiger partial charge on any atom is 0.251 e. The molecule has 0 aliphatic heterocycles. The van der Waals surface area contributed by atoms with Gasteiger partial charge in [-0.15, -0.1) is 0 Å². The van der Waals surface area contributed by atoms with Crippen molar-refractivity contribution in [1.82, 2.24) is 5.32 Å². The fraction of sp³-hybridized carbons (Fsp3) is 0.133. The first-order chi connectivity index (χ1) is 10.1. The molecule has 0 radical (unpaired) electrons. The van der Waals surface area contributed by atoms with Gasteiger partial charge in [-0.3, -0.25) is 9.36 Å². The Kier molecular flexibility index (Phi) is 5.26. The van der Waals surface area contributed by atoms with Gasteiger partial charge in [0.1, 0.15) is 5.82 Å². The van der Waals surface area contributed by atoms with Crippen molar-refractivity contribution < 1.29 is 18.6 Å². The van der Waals surface area contributed by atoms with E-state index in [4.69, 9.17) is 4.89 Å². The molecular weight excluding hydrogens is 292 g/mol. The van der Waals surface area contributed by atoms with Crippen LogP contribution in [0.15, 0.2) is 54.6 Å². The quantitative estimate of drug-likeness (QED) is 0.835. The SMILES string of the molecule is O=C(NC(C[PH](=O)O)c1ccccc1)c1cccc(F)c1. The fourth-order valence-corrected chi connectivity index (χ4v) is 2.67. The van der Waals surface area contributed by atoms with E-state index >= 15 is 0 Å². The van der Waals surface area contributed by atoms with Crippen molar-refractivity contribution in [3.8, 4) is 0 Å². The topological polar surface area (TPSA) is 66.4 Å². The molecular formula is C15H15FNO3P. The summed E-state index contributed by atoms with van der Waals surface area (Å²) in [5, 5.41) is 2.67. The van der Waals surface area contributed by atoms with Gasteiger partial charge in [-0.2, -0.15) is 0 Å². The Labute approximate surface area is 122 Å². The van der Waals surface area contributed by atoms with Crippen molar-refractivity contribution >= 4 is 13.9 Å². The molecule has 2 atom stereocenters. The van der Waals surface area contributed by atoms with E-state index in [0.717, 1.165) is 11.6 Å². The average molecular weight is 307 g/mol. The average Bonchev–Trinajstić information content (AvgIpc) is 2.47. The molecule has 2 aromatic carbocycles. The van der Waals surface area contributed by atoms with E-state index in [0.29, 0.717) is 0 Å². The number of halogens is 1. The van der Waals surface area contributed by atoms with Gasteiger partial charge in [0.2, 0.25) is 0 Å². The Bertz CT molecular complexity index is 648. The van der Waals surface area contributed by atoms with E-state index in [1.165, 1.54) is 18.2 Å². The first kappa shape index (κ1) is 15.4. The highest BCUT2D eigenvalue weighted by molar-refractivity contribution is 7.38. The Hall–Kier alpha value is -1.97. The molecule has 0 aromatic heterocycles. The summed E-state index contributed by atoms with van der Waals surface area (Å²) in [6, 6.07) is 13.6. The molecule has 2 aromatic rings. The maximum atomic E-state index is 13.1. The summed E-state index contributed by atoms with van der Waals surface area (Å²) in [5.74, 6) is -0.985. The van der Waals surface area contributed by atoms with E-state index < -0.39 is 25.8 Å². The smallest absolute Gasteiger partial charge is 0.251 e. The van der Waals surface area contributed by atoms with E-state index in [1.807, 2.05) is 6.07 Å². The summed E-state index contributed by atoms with van der Waals surface area (Å²) >= 11 is 0. The van der Waals surface area contributed by atoms with Gasteiger partial charge in [0.05, 0.1) is 6.04 Å². The summed E-state index contributed by atoms with van der Waals surface area (Å²) in [6.45, 7) is 0. The molecule has 0 aliphatic rings. The highest BCUT2D eigenvalue weighted by Crippen LogP contribution is 2.24. The third-order valence-corrected chi connectivity index (χ3v) is 3.73. The molecule has 2 unspecified atom stereocenters. The lowest BCUT2D eigenvalue weighted by Crippen LogP contribution is -2.30. The summed E-state index contributed by atoms with van der Waals surface area (Å²) in [5.41, 5.74) is 0.906. The first-order valence-electron chi connectivity index (χ1n) is 6.39. The summed E-state index contributed by atoms with van der Waals surface area (Å²) < 4.78 is 24.3. The number of carbonyl (C=O) groups is 1. The predicted molar refractivity (Wildman–Crippen MR) is 79.1 cm³/mol. The lowest BCUT2D eigenvalue weighted by atomic mass is 10.1. The minimum atomic E-state index is -2.75. The number of nitrogens with one attached hydrogen (secondary N) is 1. The van der Waals surface area contributed by atoms with Crippen LogP contribution in [0, 0.1) is 5.82 Å². The molecule has 2 N–H and O–H groups in total. The molecule has 0 bridgehead atoms. The van der Waals surface area contributed by atoms with Crippen molar-refractivity contribution in [2.75, 3.05) is 6.16 Å². The number of hydrogen-bond acceptors (Lipinski definition) is 2. The number of benzene rings is 2. The molecule has 0 spiro atoms. The monoisotopic (exact) mass is 307 g/mol. The van der Waals surface area contributed by atoms with Crippen molar-refractivity contribution in [3.05, 3.63) is 71.5 Å². The number of rotatable bonds is 5. The standard InChI is InChI=1S/C15H15FNO3P/c16-13-8-4-7-12(9-13)15(18)17-14(10-21(19)20)11-5-2-1-3-6-11/h1-9,14,21H,10H2,(H,17,18)(H,19,20). The van der Waals surface area contributed by atoms with Gasteiger partial charge in [-0.25, -0.2) is 4.39 Å². The van der Waals surface area contributed by atoms with Crippen LogP contribution in [-0.2, 0) is 4.57 Å². The van der Waals surface area contributed by atoms with Crippen LogP contribution in [0.3, 0.4) is 0 Å². The Balaban J connectivity index is 2.19. The second-order valence-corrected chi connectivity index (χ2v) is 5.74. The van der Waals surface area contributed by atoms with Crippen molar-refractivity contribution in [2.45, 2.75) is 6.04 Å². The third kappa shape index (κ3) is 4.52. The van der Waals surface area contributed by atoms with Gasteiger partial charge in [0.15, 0.2) is 8.03 Å². The molecule has 21 heavy (non-hydrogen) atoms. The van der Waals surface area contributed by atoms with Gasteiger partial charge in [0.25, 0.3) is 5.91 Å². The van der Waals surface area contributed by atoms with Crippen molar-refractivity contribution in [2.24, 2.45) is 0 Å². The molecule has 0 saturated heterocycles. The fourth-order valence-electron chi connectivity index (χ4n) is 1.98. The molecule has 0 heterocycles. The molecule has 1 amide bonds. The second-order valence-electron chi connectivity index (χ2n) is 4.54. The number of amides is 1. The van der Waals surface area contributed by atoms with E-state index in [1.54, 1.807) is 24.3 Å². The normalized spacial score (nSPS) is 13.4. The molecule has 0 aliphatic carbocycles. The van der Waals surface area contributed by atoms with Gasteiger partial charge in [-0.05, 0) is 23.8 Å². The molecule has 0 saturated carbocycles. The van der Waals surface area contributed by atoms with Crippen LogP contribution in [0.5, 0.6) is 0 Å². The van der Waals surface area contributed by atoms with E-state index in [9.17, 15) is 13.8 Å². The Morgan fingerprint density at radius 3 is 2.52 bits per heavy atom. The van der Waals surface area contributed by atoms with Crippen LogP contribution in [-0.4, -0.2) is 17.0 Å². The zero-order valence-corrected chi connectivity index (χ0v) is 12.1. The minimum absolute atomic E-state index is 0.0598. The van der Waals surface area contributed by atoms with Crippen LogP contribution in [0.2, 0.25) is 0 Å². The van der Waals surface area contributed by atoms with Crippen LogP contribution in [0.1, 0.15) is 22.0 Å². The highest BCUT2D eigenvalue weighted by Gasteiger charge is 2.17. The minimum Gasteiger partial charge on any atom is -0.346 e. The number of carbonyl (C=O) groups excluding carboxylic acids is 1. The third-order valence-electron chi connectivity index (χ3n) is 2.97. The van der Waals surface area contributed by atoms with Crippen LogP contribution in [0.25, 0.3) is 0 Å². The molecule has 110 valence electrons. The van der Waals surface area contributed by atoms with Gasteiger partial charge >= 0.3 is 0 Å². The largest absolute Gasteiger partial charge is 0.346 e. The van der Waals surface area contributed by atoms with Crippen LogP contribution >= 0.6 is 8.03 Å². The lowest BCUT2D eigenvalue weighted by molar-refractivity contribution is 0.0940. The highest BCUT2D eigenvalue weighted by atomic mass is 31.1. The number of hydrogen-bond donors (Lipinski definition) is 2. The summed E-state index contributed by atoms with van der Waals surface area (Å²) in [6.07, 6.45) is -0.0598. The zero-order valence-electron chi connectivity index (χ0n) is 11.1. The van der Waals surface area contributed by atoms with Gasteiger partial charge in [0, 0.05) is 11.7 Å². The second kappa shape index (κ2) is 7.16. The van der Waals surface area contributed by atoms with E-state index in [2.05, 4.69) is 5.32 Å². The molecule has 6 heteroatoms. The summed E-state index contributed by atoms with van der Waals surface area (Å²) in [7, 11) is -2.75. The Morgan fingerprint density at radius 2 is 1.90 bits per heavy atom. The molecule has 0 fully saturated rings. The van der Waals surface area contributed by atoms with E-state index in [-0.39, 0.29) is 11.7 Å². The van der Waals surface area contributed by atoms with Gasteiger partial charge < -0.3 is 10.2 Å². The van der Waals surface area contributed by atoms with Crippen LogP contribution in [0.4, 0.5) is 4.39 Å². The molecule has 2 rings (SSSR count). The summed E-state index contributed by atoms with van der Waals surface area (Å²) in [4.78, 5) is 21.3. The van der Waals surface area contributed by atoms with Crippen molar-refractivity contribution in [3.63, 3.8) is 0 Å². The van der Waals surface area contributed by atoms with Crippen molar-refractivity contribution in [1.29, 1.82) is 0 Å². The van der Waals surface area contributed by atoms with Crippen LogP contribution < -0.4 is 5.32 Å².